The van der Waals surface area contributed by atoms with Gasteiger partial charge in [-0.05, 0) is 72.7 Å². The van der Waals surface area contributed by atoms with Crippen LogP contribution in [0.4, 0.5) is 4.39 Å². The summed E-state index contributed by atoms with van der Waals surface area (Å²) in [6.45, 7) is 0.398. The van der Waals surface area contributed by atoms with Crippen LogP contribution >= 0.6 is 23.8 Å². The molecule has 180 valence electrons. The second kappa shape index (κ2) is 10.3. The summed E-state index contributed by atoms with van der Waals surface area (Å²) >= 11 is 11.2. The molecule has 0 saturated heterocycles. The number of nitrogens with one attached hydrogen (secondary N) is 2. The van der Waals surface area contributed by atoms with Crippen molar-refractivity contribution in [2.45, 2.75) is 6.42 Å². The van der Waals surface area contributed by atoms with E-state index in [1.165, 1.54) is 22.8 Å². The summed E-state index contributed by atoms with van der Waals surface area (Å²) in [5.74, 6) is 0.368. The lowest BCUT2D eigenvalue weighted by molar-refractivity contribution is 0.0954. The Morgan fingerprint density at radius 1 is 1.09 bits per heavy atom. The number of H-pyrrole nitrogens is 1. The fourth-order valence-corrected chi connectivity index (χ4v) is 4.15. The van der Waals surface area contributed by atoms with Gasteiger partial charge in [0.15, 0.2) is 16.3 Å². The first-order valence-corrected chi connectivity index (χ1v) is 11.3. The van der Waals surface area contributed by atoms with Gasteiger partial charge in [0.05, 0.1) is 35.8 Å². The van der Waals surface area contributed by atoms with Crippen molar-refractivity contribution in [2.24, 2.45) is 0 Å². The van der Waals surface area contributed by atoms with Gasteiger partial charge in [-0.3, -0.25) is 14.2 Å². The fraction of sp³-hybridized carbons (Fsp3) is 0.160. The van der Waals surface area contributed by atoms with E-state index in [1.807, 2.05) is 18.2 Å². The van der Waals surface area contributed by atoms with E-state index in [-0.39, 0.29) is 15.7 Å². The Labute approximate surface area is 210 Å². The Morgan fingerprint density at radius 2 is 1.86 bits per heavy atom. The molecule has 4 rings (SSSR count). The summed E-state index contributed by atoms with van der Waals surface area (Å²) in [5, 5.41) is 3.07. The summed E-state index contributed by atoms with van der Waals surface area (Å²) in [7, 11) is 3.14. The van der Waals surface area contributed by atoms with Crippen LogP contribution in [0, 0.1) is 10.6 Å². The van der Waals surface area contributed by atoms with Crippen molar-refractivity contribution in [3.8, 4) is 17.2 Å². The second-order valence-electron chi connectivity index (χ2n) is 7.62. The molecule has 0 aliphatic rings. The molecule has 0 fully saturated rings. The molecule has 0 aliphatic heterocycles. The summed E-state index contributed by atoms with van der Waals surface area (Å²) in [5.41, 5.74) is 1.69. The highest BCUT2D eigenvalue weighted by Gasteiger charge is 2.13. The van der Waals surface area contributed by atoms with Crippen molar-refractivity contribution in [2.75, 3.05) is 20.8 Å². The minimum Gasteiger partial charge on any atom is -0.493 e. The largest absolute Gasteiger partial charge is 0.493 e. The predicted octanol–water partition coefficient (Wildman–Crippen LogP) is 4.83. The van der Waals surface area contributed by atoms with Crippen LogP contribution in [0.2, 0.25) is 5.02 Å². The van der Waals surface area contributed by atoms with Gasteiger partial charge in [0.2, 0.25) is 0 Å². The summed E-state index contributed by atoms with van der Waals surface area (Å²) in [6.07, 6.45) is 0.590. The minimum absolute atomic E-state index is 0.0937. The highest BCUT2D eigenvalue weighted by molar-refractivity contribution is 7.71. The van der Waals surface area contributed by atoms with E-state index in [0.29, 0.717) is 46.6 Å². The van der Waals surface area contributed by atoms with Crippen molar-refractivity contribution in [1.29, 1.82) is 0 Å². The highest BCUT2D eigenvalue weighted by atomic mass is 35.5. The number of benzene rings is 3. The molecule has 4 aromatic rings. The third-order valence-corrected chi connectivity index (χ3v) is 6.04. The number of carbonyl (C=O) groups is 1. The average molecular weight is 514 g/mol. The second-order valence-corrected chi connectivity index (χ2v) is 8.42. The molecule has 2 N–H and O–H groups in total. The van der Waals surface area contributed by atoms with Crippen LogP contribution in [0.15, 0.2) is 59.4 Å². The van der Waals surface area contributed by atoms with Crippen LogP contribution in [0.5, 0.6) is 11.5 Å². The molecule has 0 radical (unpaired) electrons. The fourth-order valence-electron chi connectivity index (χ4n) is 3.68. The molecule has 0 aliphatic carbocycles. The first-order chi connectivity index (χ1) is 16.8. The van der Waals surface area contributed by atoms with Gasteiger partial charge in [-0.2, -0.15) is 0 Å². The number of aromatic nitrogens is 2. The third kappa shape index (κ3) is 5.06. The number of aromatic amines is 1. The SMILES string of the molecule is COc1ccc(CCNC(=O)c2ccc3c(=O)n(-c4ccc(F)c(Cl)c4)c(=S)[nH]c3c2)cc1OC. The Hall–Kier alpha value is -3.69. The maximum atomic E-state index is 13.5. The number of carbonyl (C=O) groups excluding carboxylic acids is 1. The van der Waals surface area contributed by atoms with E-state index in [4.69, 9.17) is 33.3 Å². The molecule has 0 atom stereocenters. The molecule has 1 aromatic heterocycles. The van der Waals surface area contributed by atoms with Gasteiger partial charge in [0.25, 0.3) is 11.5 Å². The van der Waals surface area contributed by atoms with Crippen molar-refractivity contribution in [1.82, 2.24) is 14.9 Å². The number of fused-ring (bicyclic) bond motifs is 1. The third-order valence-electron chi connectivity index (χ3n) is 5.47. The van der Waals surface area contributed by atoms with Crippen LogP contribution in [-0.4, -0.2) is 36.2 Å². The van der Waals surface area contributed by atoms with Gasteiger partial charge in [-0.15, -0.1) is 0 Å². The van der Waals surface area contributed by atoms with Crippen LogP contribution in [-0.2, 0) is 6.42 Å². The van der Waals surface area contributed by atoms with E-state index in [9.17, 15) is 14.0 Å². The van der Waals surface area contributed by atoms with Crippen LogP contribution in [0.3, 0.4) is 0 Å². The molecule has 10 heteroatoms. The summed E-state index contributed by atoms with van der Waals surface area (Å²) in [6, 6.07) is 14.2. The van der Waals surface area contributed by atoms with Crippen LogP contribution in [0.1, 0.15) is 15.9 Å². The van der Waals surface area contributed by atoms with Gasteiger partial charge >= 0.3 is 0 Å². The van der Waals surface area contributed by atoms with Crippen LogP contribution in [0.25, 0.3) is 16.6 Å². The van der Waals surface area contributed by atoms with E-state index >= 15 is 0 Å². The maximum Gasteiger partial charge on any atom is 0.266 e. The van der Waals surface area contributed by atoms with E-state index in [1.54, 1.807) is 32.4 Å². The summed E-state index contributed by atoms with van der Waals surface area (Å²) in [4.78, 5) is 28.7. The van der Waals surface area contributed by atoms with E-state index in [0.717, 1.165) is 5.56 Å². The molecule has 1 heterocycles. The number of rotatable bonds is 7. The molecular weight excluding hydrogens is 493 g/mol. The molecular formula is C25H21ClFN3O4S. The highest BCUT2D eigenvalue weighted by Crippen LogP contribution is 2.27. The number of nitrogens with zero attached hydrogens (tertiary/aromatic N) is 1. The van der Waals surface area contributed by atoms with Crippen molar-refractivity contribution >= 4 is 40.6 Å². The van der Waals surface area contributed by atoms with Gasteiger partial charge in [-0.25, -0.2) is 4.39 Å². The minimum atomic E-state index is -0.596. The predicted molar refractivity (Wildman–Crippen MR) is 135 cm³/mol. The monoisotopic (exact) mass is 513 g/mol. The number of methoxy groups -OCH3 is 2. The average Bonchev–Trinajstić information content (AvgIpc) is 2.85. The molecule has 0 unspecified atom stereocenters. The van der Waals surface area contributed by atoms with Crippen molar-refractivity contribution in [3.63, 3.8) is 0 Å². The van der Waals surface area contributed by atoms with Gasteiger partial charge in [-0.1, -0.05) is 17.7 Å². The topological polar surface area (TPSA) is 85.4 Å². The smallest absolute Gasteiger partial charge is 0.266 e. The Balaban J connectivity index is 1.53. The molecule has 0 bridgehead atoms. The first kappa shape index (κ1) is 24.4. The van der Waals surface area contributed by atoms with Crippen molar-refractivity contribution < 1.29 is 18.7 Å². The van der Waals surface area contributed by atoms with E-state index in [2.05, 4.69) is 10.3 Å². The molecule has 3 aromatic carbocycles. The number of amides is 1. The Morgan fingerprint density at radius 3 is 2.57 bits per heavy atom. The molecule has 35 heavy (non-hydrogen) atoms. The van der Waals surface area contributed by atoms with Gasteiger partial charge < -0.3 is 19.8 Å². The first-order valence-electron chi connectivity index (χ1n) is 10.6. The Bertz CT molecular complexity index is 1550. The number of hydrogen-bond donors (Lipinski definition) is 2. The molecule has 0 saturated carbocycles. The number of hydrogen-bond acceptors (Lipinski definition) is 5. The quantitative estimate of drug-likeness (QED) is 0.346. The van der Waals surface area contributed by atoms with Gasteiger partial charge in [0.1, 0.15) is 5.82 Å². The zero-order chi connectivity index (χ0) is 25.1. The number of halogens is 2. The molecule has 1 amide bonds. The number of ether oxygens (including phenoxy) is 2. The van der Waals surface area contributed by atoms with Gasteiger partial charge in [0, 0.05) is 12.1 Å². The standard InChI is InChI=1S/C25H21ClFN3O4S/c1-33-21-8-3-14(11-22(21)34-2)9-10-28-23(31)15-4-6-17-20(12-15)29-25(35)30(24(17)32)16-5-7-19(27)18(26)13-16/h3-8,11-13H,9-10H2,1-2H3,(H,28,31)(H,29,35). The zero-order valence-electron chi connectivity index (χ0n) is 18.9. The normalized spacial score (nSPS) is 10.9. The Kier molecular flexibility index (Phi) is 7.18. The lowest BCUT2D eigenvalue weighted by Gasteiger charge is -2.11. The molecule has 7 nitrogen and oxygen atoms in total. The molecule has 0 spiro atoms. The zero-order valence-corrected chi connectivity index (χ0v) is 20.4. The van der Waals surface area contributed by atoms with Crippen molar-refractivity contribution in [3.05, 3.63) is 91.7 Å². The maximum absolute atomic E-state index is 13.5. The lowest BCUT2D eigenvalue weighted by Crippen LogP contribution is -2.26. The lowest BCUT2D eigenvalue weighted by atomic mass is 10.1. The summed E-state index contributed by atoms with van der Waals surface area (Å²) < 4.78 is 25.4. The van der Waals surface area contributed by atoms with E-state index < -0.39 is 11.4 Å². The van der Waals surface area contributed by atoms with Crippen LogP contribution < -0.4 is 20.3 Å².